The van der Waals surface area contributed by atoms with Gasteiger partial charge >= 0.3 is 0 Å². The number of thiazole rings is 1. The van der Waals surface area contributed by atoms with Gasteiger partial charge in [0.2, 0.25) is 5.72 Å². The van der Waals surface area contributed by atoms with Crippen molar-refractivity contribution < 1.29 is 13.9 Å². The molecule has 2 bridgehead atoms. The molecule has 4 heterocycles. The molecule has 6 rings (SSSR count). The van der Waals surface area contributed by atoms with Gasteiger partial charge in [-0.2, -0.15) is 0 Å². The van der Waals surface area contributed by atoms with E-state index in [4.69, 9.17) is 25.7 Å². The quantitative estimate of drug-likeness (QED) is 0.431. The Labute approximate surface area is 203 Å². The number of halogens is 1. The molecule has 0 radical (unpaired) electrons. The third-order valence-electron chi connectivity index (χ3n) is 6.36. The predicted octanol–water partition coefficient (Wildman–Crippen LogP) is 4.19. The highest BCUT2D eigenvalue weighted by Gasteiger charge is 2.53. The normalized spacial score (nSPS) is 23.0. The number of furan rings is 1. The van der Waals surface area contributed by atoms with Gasteiger partial charge in [0.05, 0.1) is 15.6 Å². The number of rotatable bonds is 3. The van der Waals surface area contributed by atoms with Gasteiger partial charge in [0.25, 0.3) is 5.56 Å². The molecule has 0 saturated carbocycles. The SMILES string of the molecule is CC(=O)[C@H]1[C@@H]2c3ccccc3O[C@]1(C)N=c1s/c(=C/c3ccc(-c4ccccc4Cl)o3)c(=O)n12. The number of para-hydroxylation sites is 1. The summed E-state index contributed by atoms with van der Waals surface area (Å²) < 4.78 is 14.3. The zero-order valence-electron chi connectivity index (χ0n) is 18.3. The van der Waals surface area contributed by atoms with Gasteiger partial charge < -0.3 is 9.15 Å². The first-order chi connectivity index (χ1) is 16.4. The van der Waals surface area contributed by atoms with E-state index in [0.29, 0.717) is 31.6 Å². The third-order valence-corrected chi connectivity index (χ3v) is 7.67. The number of Topliss-reactive ketones (excluding diaryl/α,β-unsaturated/α-hetero) is 1. The van der Waals surface area contributed by atoms with Gasteiger partial charge in [0.15, 0.2) is 4.80 Å². The standard InChI is InChI=1S/C26H19ClN2O4S/c1-14(30)22-23-17-8-4-6-10-20(17)33-26(22,2)28-25-29(23)24(31)21(34-25)13-15-11-12-19(32-15)16-7-3-5-9-18(16)27/h3-13,22-23H,1-2H3/b21-13+/t22-,23-,26-/m0/s1. The molecule has 0 N–H and O–H groups in total. The van der Waals surface area contributed by atoms with E-state index in [9.17, 15) is 9.59 Å². The smallest absolute Gasteiger partial charge is 0.271 e. The highest BCUT2D eigenvalue weighted by molar-refractivity contribution is 7.07. The van der Waals surface area contributed by atoms with Gasteiger partial charge in [-0.15, -0.1) is 0 Å². The van der Waals surface area contributed by atoms with Crippen LogP contribution in [-0.2, 0) is 4.79 Å². The molecule has 170 valence electrons. The fraction of sp³-hybridized carbons (Fsp3) is 0.192. The van der Waals surface area contributed by atoms with Crippen LogP contribution in [0.15, 0.2) is 74.9 Å². The lowest BCUT2D eigenvalue weighted by Gasteiger charge is -2.45. The Bertz CT molecular complexity index is 1650. The second-order valence-electron chi connectivity index (χ2n) is 8.59. The molecule has 0 fully saturated rings. The second kappa shape index (κ2) is 7.55. The lowest BCUT2D eigenvalue weighted by atomic mass is 9.79. The number of hydrogen-bond acceptors (Lipinski definition) is 6. The zero-order chi connectivity index (χ0) is 23.6. The third kappa shape index (κ3) is 3.11. The molecule has 3 atom stereocenters. The molecule has 0 aliphatic carbocycles. The fourth-order valence-electron chi connectivity index (χ4n) is 4.92. The van der Waals surface area contributed by atoms with E-state index in [1.165, 1.54) is 18.3 Å². The van der Waals surface area contributed by atoms with Crippen LogP contribution in [0.25, 0.3) is 17.4 Å². The van der Waals surface area contributed by atoms with Crippen LogP contribution in [0.1, 0.15) is 31.2 Å². The van der Waals surface area contributed by atoms with E-state index in [1.807, 2.05) is 55.5 Å². The van der Waals surface area contributed by atoms with Gasteiger partial charge in [-0.1, -0.05) is 53.3 Å². The Morgan fingerprint density at radius 1 is 1.15 bits per heavy atom. The maximum absolute atomic E-state index is 13.6. The number of aromatic nitrogens is 1. The number of carbonyl (C=O) groups is 1. The minimum absolute atomic E-state index is 0.0737. The number of ether oxygens (including phenoxy) is 1. The van der Waals surface area contributed by atoms with Gasteiger partial charge in [-0.3, -0.25) is 14.2 Å². The molecule has 2 aliphatic heterocycles. The highest BCUT2D eigenvalue weighted by Crippen LogP contribution is 2.47. The van der Waals surface area contributed by atoms with E-state index in [1.54, 1.807) is 22.8 Å². The van der Waals surface area contributed by atoms with Crippen LogP contribution in [0, 0.1) is 5.92 Å². The Morgan fingerprint density at radius 3 is 2.71 bits per heavy atom. The van der Waals surface area contributed by atoms with Crippen LogP contribution in [-0.4, -0.2) is 16.1 Å². The predicted molar refractivity (Wildman–Crippen MR) is 130 cm³/mol. The molecule has 0 amide bonds. The largest absolute Gasteiger partial charge is 0.465 e. The van der Waals surface area contributed by atoms with E-state index < -0.39 is 17.7 Å². The molecule has 34 heavy (non-hydrogen) atoms. The van der Waals surface area contributed by atoms with Gasteiger partial charge in [-0.25, -0.2) is 4.99 Å². The average molecular weight is 491 g/mol. The van der Waals surface area contributed by atoms with E-state index in [2.05, 4.69) is 0 Å². The number of nitrogens with zero attached hydrogens (tertiary/aromatic N) is 2. The Balaban J connectivity index is 1.53. The van der Waals surface area contributed by atoms with Crippen molar-refractivity contribution in [1.82, 2.24) is 4.57 Å². The zero-order valence-corrected chi connectivity index (χ0v) is 19.9. The molecule has 2 aliphatic rings. The molecule has 6 nitrogen and oxygen atoms in total. The maximum atomic E-state index is 13.6. The Morgan fingerprint density at radius 2 is 1.91 bits per heavy atom. The molecule has 8 heteroatoms. The van der Waals surface area contributed by atoms with Crippen LogP contribution in [0.5, 0.6) is 5.75 Å². The van der Waals surface area contributed by atoms with Crippen LogP contribution in [0.2, 0.25) is 5.02 Å². The molecule has 0 unspecified atom stereocenters. The second-order valence-corrected chi connectivity index (χ2v) is 10.0. The van der Waals surface area contributed by atoms with E-state index >= 15 is 0 Å². The summed E-state index contributed by atoms with van der Waals surface area (Å²) >= 11 is 7.55. The first kappa shape index (κ1) is 21.1. The first-order valence-electron chi connectivity index (χ1n) is 10.8. The molecular formula is C26H19ClN2O4S. The Kier molecular flexibility index (Phi) is 4.69. The van der Waals surface area contributed by atoms with Crippen LogP contribution in [0.3, 0.4) is 0 Å². The maximum Gasteiger partial charge on any atom is 0.271 e. The van der Waals surface area contributed by atoms with Crippen LogP contribution >= 0.6 is 22.9 Å². The molecule has 2 aromatic heterocycles. The molecule has 0 spiro atoms. The summed E-state index contributed by atoms with van der Waals surface area (Å²) in [5.74, 6) is 1.10. The lowest BCUT2D eigenvalue weighted by molar-refractivity contribution is -0.132. The van der Waals surface area contributed by atoms with Gasteiger partial charge in [0, 0.05) is 17.2 Å². The van der Waals surface area contributed by atoms with Crippen molar-refractivity contribution in [3.8, 4) is 17.1 Å². The molecule has 0 saturated heterocycles. The summed E-state index contributed by atoms with van der Waals surface area (Å²) in [5.41, 5.74) is 0.290. The van der Waals surface area contributed by atoms with Crippen molar-refractivity contribution in [2.75, 3.05) is 0 Å². The molecule has 2 aromatic carbocycles. The minimum Gasteiger partial charge on any atom is -0.465 e. The summed E-state index contributed by atoms with van der Waals surface area (Å²) in [6, 6.07) is 18.1. The van der Waals surface area contributed by atoms with Gasteiger partial charge in [-0.05, 0) is 44.2 Å². The van der Waals surface area contributed by atoms with Crippen molar-refractivity contribution in [1.29, 1.82) is 0 Å². The average Bonchev–Trinajstić information content (AvgIpc) is 3.37. The number of fused-ring (bicyclic) bond motifs is 6. The van der Waals surface area contributed by atoms with Crippen molar-refractivity contribution in [2.24, 2.45) is 10.9 Å². The van der Waals surface area contributed by atoms with Crippen LogP contribution < -0.4 is 19.6 Å². The summed E-state index contributed by atoms with van der Waals surface area (Å²) in [4.78, 5) is 31.6. The van der Waals surface area contributed by atoms with E-state index in [0.717, 1.165) is 11.1 Å². The van der Waals surface area contributed by atoms with Crippen molar-refractivity contribution in [3.05, 3.63) is 96.7 Å². The topological polar surface area (TPSA) is 73.8 Å². The van der Waals surface area contributed by atoms with Crippen molar-refractivity contribution in [3.63, 3.8) is 0 Å². The first-order valence-corrected chi connectivity index (χ1v) is 12.0. The van der Waals surface area contributed by atoms with Crippen LogP contribution in [0.4, 0.5) is 0 Å². The minimum atomic E-state index is -1.08. The number of ketones is 1. The molecular weight excluding hydrogens is 472 g/mol. The van der Waals surface area contributed by atoms with Gasteiger partial charge in [0.1, 0.15) is 29.0 Å². The monoisotopic (exact) mass is 490 g/mol. The number of benzene rings is 2. The fourth-order valence-corrected chi connectivity index (χ4v) is 6.23. The van der Waals surface area contributed by atoms with Crippen molar-refractivity contribution >= 4 is 34.8 Å². The number of carbonyl (C=O) groups excluding carboxylic acids is 1. The molecule has 4 aromatic rings. The summed E-state index contributed by atoms with van der Waals surface area (Å²) in [7, 11) is 0. The highest BCUT2D eigenvalue weighted by atomic mass is 35.5. The Hall–Kier alpha value is -3.42. The van der Waals surface area contributed by atoms with Crippen molar-refractivity contribution in [2.45, 2.75) is 25.6 Å². The number of hydrogen-bond donors (Lipinski definition) is 0. The van der Waals surface area contributed by atoms with E-state index in [-0.39, 0.29) is 11.3 Å². The summed E-state index contributed by atoms with van der Waals surface area (Å²) in [6.07, 6.45) is 1.70. The summed E-state index contributed by atoms with van der Waals surface area (Å²) in [5, 5.41) is 0.586. The lowest BCUT2D eigenvalue weighted by Crippen LogP contribution is -2.58. The summed E-state index contributed by atoms with van der Waals surface area (Å²) in [6.45, 7) is 3.33.